The number of nitrogens with one attached hydrogen (secondary N) is 1. The predicted molar refractivity (Wildman–Crippen MR) is 86.2 cm³/mol. The second-order valence-electron chi connectivity index (χ2n) is 5.77. The molecule has 0 aliphatic carbocycles. The highest BCUT2D eigenvalue weighted by molar-refractivity contribution is 9.10. The van der Waals surface area contributed by atoms with Gasteiger partial charge in [-0.05, 0) is 48.4 Å². The van der Waals surface area contributed by atoms with Gasteiger partial charge in [0, 0.05) is 12.6 Å². The van der Waals surface area contributed by atoms with Gasteiger partial charge in [0.1, 0.15) is 11.5 Å². The fraction of sp³-hybridized carbons (Fsp3) is 0.571. The Hall–Kier alpha value is -1.21. The van der Waals surface area contributed by atoms with Crippen LogP contribution in [-0.2, 0) is 0 Å². The lowest BCUT2D eigenvalue weighted by Gasteiger charge is -2.25. The van der Waals surface area contributed by atoms with E-state index in [0.717, 1.165) is 19.0 Å². The smallest absolute Gasteiger partial charge is 0.295 e. The molecule has 5 nitrogen and oxygen atoms in total. The maximum atomic E-state index is 13.5. The number of nitro benzene ring substituents is 1. The lowest BCUT2D eigenvalue weighted by atomic mass is 10.0. The minimum Gasteiger partial charge on any atom is -0.375 e. The number of hydrogen-bond donors (Lipinski definition) is 1. The molecule has 0 amide bonds. The van der Waals surface area contributed by atoms with Crippen LogP contribution in [-0.4, -0.2) is 36.5 Å². The molecular formula is C14H21BrFN3O2. The second-order valence-corrected chi connectivity index (χ2v) is 6.63. The van der Waals surface area contributed by atoms with Crippen molar-refractivity contribution in [3.63, 3.8) is 0 Å². The first-order valence-electron chi connectivity index (χ1n) is 6.75. The molecule has 1 atom stereocenters. The van der Waals surface area contributed by atoms with Crippen molar-refractivity contribution in [2.45, 2.75) is 26.3 Å². The summed E-state index contributed by atoms with van der Waals surface area (Å²) in [5.74, 6) is -0.189. The summed E-state index contributed by atoms with van der Waals surface area (Å²) in [5, 5.41) is 14.3. The first-order valence-corrected chi connectivity index (χ1v) is 7.54. The largest absolute Gasteiger partial charge is 0.375 e. The van der Waals surface area contributed by atoms with E-state index >= 15 is 0 Å². The Morgan fingerprint density at radius 1 is 1.43 bits per heavy atom. The highest BCUT2D eigenvalue weighted by atomic mass is 79.9. The van der Waals surface area contributed by atoms with E-state index in [-0.39, 0.29) is 16.2 Å². The number of nitrogens with zero attached hydrogens (tertiary/aromatic N) is 2. The van der Waals surface area contributed by atoms with Gasteiger partial charge < -0.3 is 10.2 Å². The van der Waals surface area contributed by atoms with Crippen molar-refractivity contribution in [3.8, 4) is 0 Å². The van der Waals surface area contributed by atoms with E-state index in [9.17, 15) is 14.5 Å². The van der Waals surface area contributed by atoms with E-state index in [1.807, 2.05) is 19.0 Å². The van der Waals surface area contributed by atoms with E-state index in [1.54, 1.807) is 0 Å². The van der Waals surface area contributed by atoms with Crippen molar-refractivity contribution < 1.29 is 9.31 Å². The Kier molecular flexibility index (Phi) is 6.54. The SMILES string of the molecule is CC(C)CC(CN(C)C)Nc1cc(Br)c(F)cc1[N+](=O)[O-]. The summed E-state index contributed by atoms with van der Waals surface area (Å²) in [5.41, 5.74) is 0.0870. The maximum absolute atomic E-state index is 13.5. The molecule has 0 fully saturated rings. The van der Waals surface area contributed by atoms with Gasteiger partial charge in [0.05, 0.1) is 15.5 Å². The zero-order valence-electron chi connectivity index (χ0n) is 12.7. The molecule has 1 unspecified atom stereocenters. The van der Waals surface area contributed by atoms with Crippen molar-refractivity contribution >= 4 is 27.3 Å². The van der Waals surface area contributed by atoms with E-state index in [1.165, 1.54) is 6.07 Å². The molecule has 0 saturated carbocycles. The number of benzene rings is 1. The van der Waals surface area contributed by atoms with Gasteiger partial charge >= 0.3 is 0 Å². The van der Waals surface area contributed by atoms with Crippen LogP contribution in [0.1, 0.15) is 20.3 Å². The molecule has 0 aliphatic rings. The first-order chi connectivity index (χ1) is 9.70. The first kappa shape index (κ1) is 17.8. The van der Waals surface area contributed by atoms with Gasteiger partial charge in [-0.3, -0.25) is 10.1 Å². The van der Waals surface area contributed by atoms with Gasteiger partial charge in [-0.1, -0.05) is 13.8 Å². The number of halogens is 2. The molecule has 0 heterocycles. The molecule has 118 valence electrons. The maximum Gasteiger partial charge on any atom is 0.295 e. The van der Waals surface area contributed by atoms with Gasteiger partial charge in [0.2, 0.25) is 0 Å². The molecule has 21 heavy (non-hydrogen) atoms. The molecule has 7 heteroatoms. The Bertz CT molecular complexity index is 499. The second kappa shape index (κ2) is 7.70. The highest BCUT2D eigenvalue weighted by Crippen LogP contribution is 2.31. The van der Waals surface area contributed by atoms with Crippen molar-refractivity contribution in [1.29, 1.82) is 0 Å². The number of hydrogen-bond acceptors (Lipinski definition) is 4. The normalized spacial score (nSPS) is 12.8. The van der Waals surface area contributed by atoms with Gasteiger partial charge in [-0.15, -0.1) is 0 Å². The van der Waals surface area contributed by atoms with Crippen LogP contribution in [0.25, 0.3) is 0 Å². The monoisotopic (exact) mass is 361 g/mol. The molecule has 0 aromatic heterocycles. The summed E-state index contributed by atoms with van der Waals surface area (Å²) in [7, 11) is 3.90. The van der Waals surface area contributed by atoms with E-state index in [0.29, 0.717) is 11.6 Å². The molecule has 1 aromatic rings. The van der Waals surface area contributed by atoms with E-state index < -0.39 is 10.7 Å². The van der Waals surface area contributed by atoms with Crippen molar-refractivity contribution in [3.05, 3.63) is 32.5 Å². The third-order valence-electron chi connectivity index (χ3n) is 2.94. The van der Waals surface area contributed by atoms with Crippen LogP contribution in [0.4, 0.5) is 15.8 Å². The van der Waals surface area contributed by atoms with Crippen LogP contribution in [0.2, 0.25) is 0 Å². The molecule has 0 aliphatic heterocycles. The lowest BCUT2D eigenvalue weighted by molar-refractivity contribution is -0.384. The third kappa shape index (κ3) is 5.59. The zero-order chi connectivity index (χ0) is 16.2. The number of rotatable bonds is 7. The number of anilines is 1. The Balaban J connectivity index is 3.06. The Morgan fingerprint density at radius 2 is 2.05 bits per heavy atom. The van der Waals surface area contributed by atoms with Crippen LogP contribution in [0, 0.1) is 21.8 Å². The third-order valence-corrected chi connectivity index (χ3v) is 3.54. The van der Waals surface area contributed by atoms with Crippen LogP contribution < -0.4 is 5.32 Å². The van der Waals surface area contributed by atoms with Crippen molar-refractivity contribution in [2.75, 3.05) is 26.0 Å². The van der Waals surface area contributed by atoms with Gasteiger partial charge in [-0.25, -0.2) is 4.39 Å². The average molecular weight is 362 g/mol. The summed E-state index contributed by atoms with van der Waals surface area (Å²) < 4.78 is 13.7. The molecule has 1 N–H and O–H groups in total. The summed E-state index contributed by atoms with van der Waals surface area (Å²) in [4.78, 5) is 12.5. The van der Waals surface area contributed by atoms with Gasteiger partial charge in [0.25, 0.3) is 5.69 Å². The summed E-state index contributed by atoms with van der Waals surface area (Å²) in [6.07, 6.45) is 0.865. The molecule has 0 spiro atoms. The lowest BCUT2D eigenvalue weighted by Crippen LogP contribution is -2.33. The van der Waals surface area contributed by atoms with Crippen LogP contribution in [0.15, 0.2) is 16.6 Å². The quantitative estimate of drug-likeness (QED) is 0.591. The molecular weight excluding hydrogens is 341 g/mol. The van der Waals surface area contributed by atoms with Crippen LogP contribution in [0.5, 0.6) is 0 Å². The average Bonchev–Trinajstić information content (AvgIpc) is 2.31. The minimum atomic E-state index is -0.639. The number of nitro groups is 1. The molecule has 1 rings (SSSR count). The number of likely N-dealkylation sites (N-methyl/N-ethyl adjacent to an activating group) is 1. The van der Waals surface area contributed by atoms with E-state index in [2.05, 4.69) is 35.1 Å². The fourth-order valence-electron chi connectivity index (χ4n) is 2.21. The summed E-state index contributed by atoms with van der Waals surface area (Å²) in [6.45, 7) is 4.93. The zero-order valence-corrected chi connectivity index (χ0v) is 14.3. The fourth-order valence-corrected chi connectivity index (χ4v) is 2.56. The topological polar surface area (TPSA) is 58.4 Å². The standard InChI is InChI=1S/C14H21BrFN3O2/c1-9(2)5-10(8-18(3)4)17-13-6-11(15)12(16)7-14(13)19(20)21/h6-7,9-10,17H,5,8H2,1-4H3. The van der Waals surface area contributed by atoms with Crippen molar-refractivity contribution in [2.24, 2.45) is 5.92 Å². The molecule has 0 radical (unpaired) electrons. The van der Waals surface area contributed by atoms with Gasteiger partial charge in [-0.2, -0.15) is 0 Å². The van der Waals surface area contributed by atoms with Crippen molar-refractivity contribution in [1.82, 2.24) is 4.90 Å². The highest BCUT2D eigenvalue weighted by Gasteiger charge is 2.21. The van der Waals surface area contributed by atoms with Crippen LogP contribution >= 0.6 is 15.9 Å². The Morgan fingerprint density at radius 3 is 2.52 bits per heavy atom. The molecule has 1 aromatic carbocycles. The Labute approximate surface area is 132 Å². The van der Waals surface area contributed by atoms with Crippen LogP contribution in [0.3, 0.4) is 0 Å². The summed E-state index contributed by atoms with van der Waals surface area (Å²) >= 11 is 3.07. The molecule has 0 bridgehead atoms. The van der Waals surface area contributed by atoms with E-state index in [4.69, 9.17) is 0 Å². The molecule has 0 saturated heterocycles. The van der Waals surface area contributed by atoms with Gasteiger partial charge in [0.15, 0.2) is 0 Å². The predicted octanol–water partition coefficient (Wildman–Crippen LogP) is 3.88. The summed E-state index contributed by atoms with van der Waals surface area (Å²) in [6, 6.07) is 2.42. The minimum absolute atomic E-state index is 0.0519.